The third-order valence-electron chi connectivity index (χ3n) is 3.83. The van der Waals surface area contributed by atoms with Crippen molar-refractivity contribution in [2.24, 2.45) is 0 Å². The summed E-state index contributed by atoms with van der Waals surface area (Å²) in [5.74, 6) is 0.819. The van der Waals surface area contributed by atoms with E-state index in [-0.39, 0.29) is 0 Å². The van der Waals surface area contributed by atoms with Crippen LogP contribution < -0.4 is 9.80 Å². The van der Waals surface area contributed by atoms with Crippen molar-refractivity contribution in [2.75, 3.05) is 22.9 Å². The number of unbranched alkanes of at least 4 members (excludes halogenated alkanes) is 3. The van der Waals surface area contributed by atoms with Crippen molar-refractivity contribution >= 4 is 23.8 Å². The fourth-order valence-electron chi connectivity index (χ4n) is 2.54. The van der Waals surface area contributed by atoms with Gasteiger partial charge in [0.25, 0.3) is 0 Å². The van der Waals surface area contributed by atoms with Gasteiger partial charge < -0.3 is 10.2 Å². The molecule has 138 valence electrons. The second-order valence-corrected chi connectivity index (χ2v) is 5.66. The zero-order valence-electron chi connectivity index (χ0n) is 14.4. The number of aromatic nitrogens is 2. The van der Waals surface area contributed by atoms with Crippen LogP contribution in [0.25, 0.3) is 0 Å². The Hall–Kier alpha value is -3.16. The Bertz CT molecular complexity index is 635. The number of hydrogen-bond donors (Lipinski definition) is 2. The first-order chi connectivity index (χ1) is 12.6. The highest BCUT2D eigenvalue weighted by atomic mass is 16.4. The Morgan fingerprint density at radius 3 is 1.46 bits per heavy atom. The zero-order chi connectivity index (χ0) is 18.8. The van der Waals surface area contributed by atoms with E-state index in [2.05, 4.69) is 9.97 Å². The average Bonchev–Trinajstić information content (AvgIpc) is 2.65. The van der Waals surface area contributed by atoms with Crippen molar-refractivity contribution in [3.05, 3.63) is 48.8 Å². The van der Waals surface area contributed by atoms with E-state index < -0.39 is 12.2 Å². The molecule has 0 aliphatic carbocycles. The second-order valence-electron chi connectivity index (χ2n) is 5.66. The van der Waals surface area contributed by atoms with Gasteiger partial charge in [-0.1, -0.05) is 25.0 Å². The van der Waals surface area contributed by atoms with Crippen LogP contribution in [0.3, 0.4) is 0 Å². The number of carbonyl (C=O) groups is 2. The number of rotatable bonds is 9. The Labute approximate surface area is 151 Å². The van der Waals surface area contributed by atoms with E-state index in [1.165, 1.54) is 9.80 Å². The van der Waals surface area contributed by atoms with Gasteiger partial charge in [-0.3, -0.25) is 9.80 Å². The standard InChI is InChI=1S/C18H22N4O4/c23-17(24)21(15-9-3-5-11-19-15)13-7-1-2-8-14-22(18(25)26)16-10-4-6-12-20-16/h3-6,9-12H,1-2,7-8,13-14H2,(H,23,24)(H,25,26). The molecule has 2 N–H and O–H groups in total. The minimum Gasteiger partial charge on any atom is -0.465 e. The SMILES string of the molecule is O=C(O)N(CCCCCCN(C(=O)O)c1ccccn1)c1ccccn1. The lowest BCUT2D eigenvalue weighted by atomic mass is 10.2. The lowest BCUT2D eigenvalue weighted by Gasteiger charge is -2.19. The van der Waals surface area contributed by atoms with Crippen molar-refractivity contribution in [3.63, 3.8) is 0 Å². The molecule has 0 unspecified atom stereocenters. The first-order valence-electron chi connectivity index (χ1n) is 8.42. The maximum absolute atomic E-state index is 11.3. The van der Waals surface area contributed by atoms with Crippen molar-refractivity contribution in [1.29, 1.82) is 0 Å². The third-order valence-corrected chi connectivity index (χ3v) is 3.83. The Balaban J connectivity index is 1.74. The third kappa shape index (κ3) is 5.73. The monoisotopic (exact) mass is 358 g/mol. The maximum atomic E-state index is 11.3. The van der Waals surface area contributed by atoms with Gasteiger partial charge in [-0.05, 0) is 37.1 Å². The van der Waals surface area contributed by atoms with Gasteiger partial charge in [0, 0.05) is 25.5 Å². The lowest BCUT2D eigenvalue weighted by Crippen LogP contribution is -2.31. The summed E-state index contributed by atoms with van der Waals surface area (Å²) in [7, 11) is 0. The highest BCUT2D eigenvalue weighted by molar-refractivity contribution is 5.85. The summed E-state index contributed by atoms with van der Waals surface area (Å²) in [4.78, 5) is 33.3. The van der Waals surface area contributed by atoms with Crippen LogP contribution >= 0.6 is 0 Å². The summed E-state index contributed by atoms with van der Waals surface area (Å²) in [6, 6.07) is 10.3. The molecular formula is C18H22N4O4. The number of anilines is 2. The van der Waals surface area contributed by atoms with Crippen LogP contribution in [0.5, 0.6) is 0 Å². The normalized spacial score (nSPS) is 10.3. The van der Waals surface area contributed by atoms with Gasteiger partial charge in [0.15, 0.2) is 0 Å². The van der Waals surface area contributed by atoms with Crippen LogP contribution in [0.15, 0.2) is 48.8 Å². The molecule has 8 heteroatoms. The molecular weight excluding hydrogens is 336 g/mol. The summed E-state index contributed by atoms with van der Waals surface area (Å²) in [5.41, 5.74) is 0. The number of hydrogen-bond acceptors (Lipinski definition) is 4. The van der Waals surface area contributed by atoms with Crippen LogP contribution in [0.4, 0.5) is 21.2 Å². The molecule has 2 rings (SSSR count). The smallest absolute Gasteiger partial charge is 0.413 e. The lowest BCUT2D eigenvalue weighted by molar-refractivity contribution is 0.200. The van der Waals surface area contributed by atoms with Gasteiger partial charge in [0.2, 0.25) is 0 Å². The predicted octanol–water partition coefficient (Wildman–Crippen LogP) is 3.71. The molecule has 0 aliphatic rings. The Morgan fingerprint density at radius 1 is 0.731 bits per heavy atom. The van der Waals surface area contributed by atoms with E-state index in [9.17, 15) is 19.8 Å². The molecule has 26 heavy (non-hydrogen) atoms. The van der Waals surface area contributed by atoms with E-state index in [0.29, 0.717) is 37.6 Å². The van der Waals surface area contributed by atoms with Gasteiger partial charge in [-0.15, -0.1) is 0 Å². The number of nitrogens with zero attached hydrogens (tertiary/aromatic N) is 4. The highest BCUT2D eigenvalue weighted by Gasteiger charge is 2.16. The molecule has 0 saturated heterocycles. The summed E-state index contributed by atoms with van der Waals surface area (Å²) in [6.45, 7) is 0.713. The van der Waals surface area contributed by atoms with E-state index in [0.717, 1.165) is 12.8 Å². The van der Waals surface area contributed by atoms with Crippen molar-refractivity contribution in [2.45, 2.75) is 25.7 Å². The van der Waals surface area contributed by atoms with E-state index in [4.69, 9.17) is 0 Å². The fraction of sp³-hybridized carbons (Fsp3) is 0.333. The molecule has 8 nitrogen and oxygen atoms in total. The molecule has 0 fully saturated rings. The summed E-state index contributed by atoms with van der Waals surface area (Å²) >= 11 is 0. The van der Waals surface area contributed by atoms with Gasteiger partial charge >= 0.3 is 12.2 Å². The molecule has 0 spiro atoms. The minimum atomic E-state index is -1.03. The molecule has 2 aromatic heterocycles. The number of carboxylic acid groups (broad SMARTS) is 2. The molecule has 0 bridgehead atoms. The first-order valence-corrected chi connectivity index (χ1v) is 8.42. The van der Waals surface area contributed by atoms with Crippen LogP contribution in [-0.4, -0.2) is 45.5 Å². The van der Waals surface area contributed by atoms with Crippen molar-refractivity contribution < 1.29 is 19.8 Å². The molecule has 0 radical (unpaired) electrons. The summed E-state index contributed by atoms with van der Waals surface area (Å²) < 4.78 is 0. The Morgan fingerprint density at radius 2 is 1.15 bits per heavy atom. The van der Waals surface area contributed by atoms with Crippen LogP contribution in [-0.2, 0) is 0 Å². The van der Waals surface area contributed by atoms with Crippen LogP contribution in [0.2, 0.25) is 0 Å². The molecule has 2 heterocycles. The first kappa shape index (κ1) is 19.2. The van der Waals surface area contributed by atoms with Gasteiger partial charge in [-0.25, -0.2) is 19.6 Å². The summed E-state index contributed by atoms with van der Waals surface area (Å²) in [6.07, 6.45) is 4.01. The van der Waals surface area contributed by atoms with Gasteiger partial charge in [0.05, 0.1) is 0 Å². The predicted molar refractivity (Wildman–Crippen MR) is 97.7 cm³/mol. The average molecular weight is 358 g/mol. The highest BCUT2D eigenvalue weighted by Crippen LogP contribution is 2.14. The van der Waals surface area contributed by atoms with Gasteiger partial charge in [0.1, 0.15) is 11.6 Å². The molecule has 0 aromatic carbocycles. The second kappa shape index (κ2) is 9.97. The fourth-order valence-corrected chi connectivity index (χ4v) is 2.54. The van der Waals surface area contributed by atoms with E-state index in [1.54, 1.807) is 48.8 Å². The topological polar surface area (TPSA) is 107 Å². The summed E-state index contributed by atoms with van der Waals surface area (Å²) in [5, 5.41) is 18.6. The van der Waals surface area contributed by atoms with Gasteiger partial charge in [-0.2, -0.15) is 0 Å². The van der Waals surface area contributed by atoms with Crippen molar-refractivity contribution in [1.82, 2.24) is 9.97 Å². The molecule has 0 saturated carbocycles. The minimum absolute atomic E-state index is 0.356. The molecule has 2 amide bonds. The van der Waals surface area contributed by atoms with E-state index in [1.807, 2.05) is 0 Å². The number of pyridine rings is 2. The number of amides is 2. The quantitative estimate of drug-likeness (QED) is 0.662. The zero-order valence-corrected chi connectivity index (χ0v) is 14.4. The van der Waals surface area contributed by atoms with Crippen LogP contribution in [0, 0.1) is 0 Å². The molecule has 2 aromatic rings. The van der Waals surface area contributed by atoms with E-state index >= 15 is 0 Å². The Kier molecular flexibility index (Phi) is 7.35. The van der Waals surface area contributed by atoms with Crippen molar-refractivity contribution in [3.8, 4) is 0 Å². The van der Waals surface area contributed by atoms with Crippen LogP contribution in [0.1, 0.15) is 25.7 Å². The molecule has 0 atom stereocenters. The molecule has 0 aliphatic heterocycles. The maximum Gasteiger partial charge on any atom is 0.413 e. The largest absolute Gasteiger partial charge is 0.465 e.